The molecule has 0 saturated heterocycles. The SMILES string of the molecule is CCC(C)(C)N(C)C(=O)C(N)CCc1ccccc1. The summed E-state index contributed by atoms with van der Waals surface area (Å²) in [6, 6.07) is 9.72. The van der Waals surface area contributed by atoms with Crippen LogP contribution >= 0.6 is 0 Å². The van der Waals surface area contributed by atoms with Gasteiger partial charge in [-0.3, -0.25) is 4.79 Å². The Morgan fingerprint density at radius 3 is 2.42 bits per heavy atom. The van der Waals surface area contributed by atoms with E-state index in [0.29, 0.717) is 6.42 Å². The first-order valence-electron chi connectivity index (χ1n) is 6.95. The molecule has 0 aliphatic carbocycles. The largest absolute Gasteiger partial charge is 0.339 e. The van der Waals surface area contributed by atoms with Gasteiger partial charge in [0.05, 0.1) is 6.04 Å². The molecule has 0 heterocycles. The van der Waals surface area contributed by atoms with E-state index in [-0.39, 0.29) is 11.4 Å². The average molecular weight is 262 g/mol. The van der Waals surface area contributed by atoms with E-state index in [4.69, 9.17) is 5.73 Å². The van der Waals surface area contributed by atoms with Crippen molar-refractivity contribution in [1.29, 1.82) is 0 Å². The fraction of sp³-hybridized carbons (Fsp3) is 0.562. The van der Waals surface area contributed by atoms with E-state index in [0.717, 1.165) is 12.8 Å². The number of carbonyl (C=O) groups is 1. The van der Waals surface area contributed by atoms with Crippen LogP contribution in [0.2, 0.25) is 0 Å². The third-order valence-electron chi connectivity index (χ3n) is 4.01. The number of rotatable bonds is 6. The van der Waals surface area contributed by atoms with Crippen LogP contribution in [0.4, 0.5) is 0 Å². The Morgan fingerprint density at radius 2 is 1.89 bits per heavy atom. The molecule has 3 heteroatoms. The van der Waals surface area contributed by atoms with Gasteiger partial charge < -0.3 is 10.6 Å². The van der Waals surface area contributed by atoms with Crippen LogP contribution in [0.15, 0.2) is 30.3 Å². The van der Waals surface area contributed by atoms with Crippen molar-refractivity contribution in [2.24, 2.45) is 5.73 Å². The molecule has 1 aromatic carbocycles. The maximum absolute atomic E-state index is 12.3. The summed E-state index contributed by atoms with van der Waals surface area (Å²) < 4.78 is 0. The second kappa shape index (κ2) is 6.71. The summed E-state index contributed by atoms with van der Waals surface area (Å²) in [6.45, 7) is 6.21. The average Bonchev–Trinajstić information content (AvgIpc) is 2.44. The molecule has 0 fully saturated rings. The van der Waals surface area contributed by atoms with Crippen LogP contribution in [0.1, 0.15) is 39.2 Å². The zero-order chi connectivity index (χ0) is 14.5. The number of benzene rings is 1. The van der Waals surface area contributed by atoms with E-state index in [1.807, 2.05) is 25.2 Å². The highest BCUT2D eigenvalue weighted by molar-refractivity contribution is 5.82. The van der Waals surface area contributed by atoms with E-state index < -0.39 is 6.04 Å². The van der Waals surface area contributed by atoms with Crippen LogP contribution in [0.3, 0.4) is 0 Å². The van der Waals surface area contributed by atoms with Crippen molar-refractivity contribution in [2.75, 3.05) is 7.05 Å². The van der Waals surface area contributed by atoms with Gasteiger partial charge in [-0.2, -0.15) is 0 Å². The molecule has 0 aromatic heterocycles. The Morgan fingerprint density at radius 1 is 1.32 bits per heavy atom. The van der Waals surface area contributed by atoms with Gasteiger partial charge in [-0.15, -0.1) is 0 Å². The quantitative estimate of drug-likeness (QED) is 0.856. The highest BCUT2D eigenvalue weighted by Crippen LogP contribution is 2.18. The minimum Gasteiger partial charge on any atom is -0.339 e. The first-order valence-corrected chi connectivity index (χ1v) is 6.95. The van der Waals surface area contributed by atoms with Gasteiger partial charge in [-0.25, -0.2) is 0 Å². The Kier molecular flexibility index (Phi) is 5.55. The minimum absolute atomic E-state index is 0.0304. The van der Waals surface area contributed by atoms with E-state index >= 15 is 0 Å². The van der Waals surface area contributed by atoms with Crippen LogP contribution < -0.4 is 5.73 Å². The minimum atomic E-state index is -0.420. The maximum atomic E-state index is 12.3. The van der Waals surface area contributed by atoms with Crippen LogP contribution in [0, 0.1) is 0 Å². The van der Waals surface area contributed by atoms with Gasteiger partial charge in [0.25, 0.3) is 0 Å². The van der Waals surface area contributed by atoms with Crippen molar-refractivity contribution in [3.8, 4) is 0 Å². The zero-order valence-corrected chi connectivity index (χ0v) is 12.5. The monoisotopic (exact) mass is 262 g/mol. The molecule has 19 heavy (non-hydrogen) atoms. The third kappa shape index (κ3) is 4.35. The lowest BCUT2D eigenvalue weighted by atomic mass is 9.97. The van der Waals surface area contributed by atoms with Gasteiger partial charge in [0.1, 0.15) is 0 Å². The number of carbonyl (C=O) groups excluding carboxylic acids is 1. The van der Waals surface area contributed by atoms with E-state index in [1.54, 1.807) is 4.90 Å². The van der Waals surface area contributed by atoms with Gasteiger partial charge in [-0.1, -0.05) is 37.3 Å². The molecule has 1 rings (SSSR count). The Labute approximate surface area is 116 Å². The summed E-state index contributed by atoms with van der Waals surface area (Å²) in [4.78, 5) is 14.1. The molecular formula is C16H26N2O. The molecule has 1 unspecified atom stereocenters. The smallest absolute Gasteiger partial charge is 0.239 e. The lowest BCUT2D eigenvalue weighted by Gasteiger charge is -2.36. The fourth-order valence-electron chi connectivity index (χ4n) is 1.87. The standard InChI is InChI=1S/C16H26N2O/c1-5-16(2,3)18(4)15(19)14(17)12-11-13-9-7-6-8-10-13/h6-10,14H,5,11-12,17H2,1-4H3. The first-order chi connectivity index (χ1) is 8.88. The molecular weight excluding hydrogens is 236 g/mol. The zero-order valence-electron chi connectivity index (χ0n) is 12.5. The van der Waals surface area contributed by atoms with Crippen molar-refractivity contribution >= 4 is 5.91 Å². The molecule has 3 nitrogen and oxygen atoms in total. The van der Waals surface area contributed by atoms with Crippen molar-refractivity contribution in [1.82, 2.24) is 4.90 Å². The first kappa shape index (κ1) is 15.7. The second-order valence-electron chi connectivity index (χ2n) is 5.69. The number of nitrogens with zero attached hydrogens (tertiary/aromatic N) is 1. The summed E-state index contributed by atoms with van der Waals surface area (Å²) in [5, 5.41) is 0. The third-order valence-corrected chi connectivity index (χ3v) is 4.01. The number of likely N-dealkylation sites (N-methyl/N-ethyl adjacent to an activating group) is 1. The van der Waals surface area contributed by atoms with Gasteiger partial charge in [-0.05, 0) is 38.7 Å². The van der Waals surface area contributed by atoms with Crippen molar-refractivity contribution in [3.05, 3.63) is 35.9 Å². The summed E-state index contributed by atoms with van der Waals surface area (Å²) >= 11 is 0. The molecule has 1 aromatic rings. The molecule has 1 amide bonds. The number of hydrogen-bond acceptors (Lipinski definition) is 2. The van der Waals surface area contributed by atoms with Crippen molar-refractivity contribution in [2.45, 2.75) is 51.6 Å². The van der Waals surface area contributed by atoms with Gasteiger partial charge >= 0.3 is 0 Å². The van der Waals surface area contributed by atoms with Gasteiger partial charge in [0.15, 0.2) is 0 Å². The predicted octanol–water partition coefficient (Wildman–Crippen LogP) is 2.59. The molecule has 2 N–H and O–H groups in total. The van der Waals surface area contributed by atoms with Crippen molar-refractivity contribution in [3.63, 3.8) is 0 Å². The van der Waals surface area contributed by atoms with Crippen LogP contribution in [-0.2, 0) is 11.2 Å². The fourth-order valence-corrected chi connectivity index (χ4v) is 1.87. The van der Waals surface area contributed by atoms with Crippen LogP contribution in [0.25, 0.3) is 0 Å². The Bertz CT molecular complexity index is 400. The van der Waals surface area contributed by atoms with Gasteiger partial charge in [0, 0.05) is 12.6 Å². The van der Waals surface area contributed by atoms with E-state index in [2.05, 4.69) is 32.9 Å². The molecule has 0 bridgehead atoms. The summed E-state index contributed by atoms with van der Waals surface area (Å²) in [5.74, 6) is 0.0304. The van der Waals surface area contributed by atoms with Crippen molar-refractivity contribution < 1.29 is 4.79 Å². The normalized spacial score (nSPS) is 13.1. The molecule has 0 saturated carbocycles. The summed E-state index contributed by atoms with van der Waals surface area (Å²) in [7, 11) is 1.84. The maximum Gasteiger partial charge on any atom is 0.239 e. The topological polar surface area (TPSA) is 46.3 Å². The van der Waals surface area contributed by atoms with Crippen LogP contribution in [0.5, 0.6) is 0 Å². The molecule has 0 radical (unpaired) electrons. The highest BCUT2D eigenvalue weighted by atomic mass is 16.2. The molecule has 1 atom stereocenters. The summed E-state index contributed by atoms with van der Waals surface area (Å²) in [5.41, 5.74) is 7.11. The summed E-state index contributed by atoms with van der Waals surface area (Å²) in [6.07, 6.45) is 2.45. The number of hydrogen-bond donors (Lipinski definition) is 1. The van der Waals surface area contributed by atoms with E-state index in [1.165, 1.54) is 5.56 Å². The van der Waals surface area contributed by atoms with E-state index in [9.17, 15) is 4.79 Å². The molecule has 0 aliphatic heterocycles. The molecule has 106 valence electrons. The van der Waals surface area contributed by atoms with Crippen LogP contribution in [-0.4, -0.2) is 29.4 Å². The Balaban J connectivity index is 2.54. The number of aryl methyl sites for hydroxylation is 1. The number of nitrogens with two attached hydrogens (primary N) is 1. The predicted molar refractivity (Wildman–Crippen MR) is 79.9 cm³/mol. The van der Waals surface area contributed by atoms with Gasteiger partial charge in [0.2, 0.25) is 5.91 Å². The Hall–Kier alpha value is -1.35. The molecule has 0 aliphatic rings. The highest BCUT2D eigenvalue weighted by Gasteiger charge is 2.28. The lowest BCUT2D eigenvalue weighted by molar-refractivity contribution is -0.136. The lowest BCUT2D eigenvalue weighted by Crippen LogP contribution is -2.51. The molecule has 0 spiro atoms. The second-order valence-corrected chi connectivity index (χ2v) is 5.69. The number of amides is 1.